The Hall–Kier alpha value is -3.88. The van der Waals surface area contributed by atoms with Gasteiger partial charge < -0.3 is 5.32 Å². The van der Waals surface area contributed by atoms with Gasteiger partial charge in [0.25, 0.3) is 5.69 Å². The second-order valence-electron chi connectivity index (χ2n) is 5.79. The Morgan fingerprint density at radius 3 is 2.52 bits per heavy atom. The number of anilines is 2. The van der Waals surface area contributed by atoms with Crippen molar-refractivity contribution in [2.45, 2.75) is 13.8 Å². The number of nitrogens with one attached hydrogen (secondary N) is 2. The number of hydrogen-bond donors (Lipinski definition) is 2. The van der Waals surface area contributed by atoms with E-state index in [-0.39, 0.29) is 11.6 Å². The summed E-state index contributed by atoms with van der Waals surface area (Å²) in [5.41, 5.74) is 4.98. The van der Waals surface area contributed by atoms with Crippen molar-refractivity contribution in [3.63, 3.8) is 0 Å². The lowest BCUT2D eigenvalue weighted by Gasteiger charge is -2.07. The Kier molecular flexibility index (Phi) is 5.02. The van der Waals surface area contributed by atoms with Crippen LogP contribution in [-0.2, 0) is 4.79 Å². The van der Waals surface area contributed by atoms with Gasteiger partial charge in [0.2, 0.25) is 5.91 Å². The molecule has 0 saturated carbocycles. The van der Waals surface area contributed by atoms with Crippen LogP contribution in [0.15, 0.2) is 47.6 Å². The minimum Gasteiger partial charge on any atom is -0.311 e. The normalized spacial score (nSPS) is 10.9. The molecule has 0 bridgehead atoms. The number of pyridine rings is 2. The second kappa shape index (κ2) is 7.56. The Labute approximate surface area is 154 Å². The van der Waals surface area contributed by atoms with E-state index in [0.717, 1.165) is 10.9 Å². The van der Waals surface area contributed by atoms with Crippen molar-refractivity contribution in [3.8, 4) is 0 Å². The number of aromatic nitrogens is 2. The van der Waals surface area contributed by atoms with Crippen LogP contribution < -0.4 is 10.7 Å². The number of nitro benzene ring substituents is 1. The molecule has 3 rings (SSSR count). The van der Waals surface area contributed by atoms with Gasteiger partial charge in [-0.25, -0.2) is 9.97 Å². The zero-order chi connectivity index (χ0) is 19.4. The molecule has 27 heavy (non-hydrogen) atoms. The van der Waals surface area contributed by atoms with E-state index in [4.69, 9.17) is 0 Å². The van der Waals surface area contributed by atoms with Gasteiger partial charge in [0, 0.05) is 24.4 Å². The average molecular weight is 364 g/mol. The van der Waals surface area contributed by atoms with E-state index in [1.54, 1.807) is 18.2 Å². The lowest BCUT2D eigenvalue weighted by Crippen LogP contribution is -2.07. The summed E-state index contributed by atoms with van der Waals surface area (Å²) in [6, 6.07) is 11.4. The van der Waals surface area contributed by atoms with E-state index in [1.165, 1.54) is 25.3 Å². The molecule has 0 saturated heterocycles. The summed E-state index contributed by atoms with van der Waals surface area (Å²) in [5.74, 6) is 0.708. The maximum absolute atomic E-state index is 11.2. The number of rotatable bonds is 5. The molecule has 2 aromatic heterocycles. The molecule has 0 fully saturated rings. The molecule has 136 valence electrons. The highest BCUT2D eigenvalue weighted by Crippen LogP contribution is 2.20. The molecule has 0 aliphatic heterocycles. The van der Waals surface area contributed by atoms with Crippen molar-refractivity contribution in [3.05, 3.63) is 63.7 Å². The first-order valence-corrected chi connectivity index (χ1v) is 8.02. The number of fused-ring (bicyclic) bond motifs is 1. The van der Waals surface area contributed by atoms with Gasteiger partial charge in [0.05, 0.1) is 11.1 Å². The monoisotopic (exact) mass is 364 g/mol. The highest BCUT2D eigenvalue weighted by Gasteiger charge is 2.06. The van der Waals surface area contributed by atoms with E-state index in [0.29, 0.717) is 22.8 Å². The third-order valence-corrected chi connectivity index (χ3v) is 3.68. The van der Waals surface area contributed by atoms with E-state index >= 15 is 0 Å². The third kappa shape index (κ3) is 4.40. The first-order valence-electron chi connectivity index (χ1n) is 8.02. The smallest absolute Gasteiger partial charge is 0.269 e. The van der Waals surface area contributed by atoms with Gasteiger partial charge in [0.1, 0.15) is 11.6 Å². The Morgan fingerprint density at radius 1 is 1.15 bits per heavy atom. The number of amides is 1. The lowest BCUT2D eigenvalue weighted by atomic mass is 10.2. The van der Waals surface area contributed by atoms with E-state index in [9.17, 15) is 14.9 Å². The molecule has 0 spiro atoms. The summed E-state index contributed by atoms with van der Waals surface area (Å²) < 4.78 is 0. The molecule has 0 radical (unpaired) electrons. The summed E-state index contributed by atoms with van der Waals surface area (Å²) in [5, 5.41) is 18.3. The van der Waals surface area contributed by atoms with Crippen LogP contribution in [0, 0.1) is 17.0 Å². The molecule has 0 unspecified atom stereocenters. The first kappa shape index (κ1) is 17.9. The number of nitro groups is 1. The van der Waals surface area contributed by atoms with Crippen molar-refractivity contribution in [1.29, 1.82) is 0 Å². The van der Waals surface area contributed by atoms with Crippen molar-refractivity contribution in [1.82, 2.24) is 9.97 Å². The van der Waals surface area contributed by atoms with Gasteiger partial charge in [-0.15, -0.1) is 0 Å². The summed E-state index contributed by atoms with van der Waals surface area (Å²) in [6.45, 7) is 3.34. The highest BCUT2D eigenvalue weighted by molar-refractivity contribution is 5.90. The van der Waals surface area contributed by atoms with E-state index in [1.807, 2.05) is 19.1 Å². The molecular weight excluding hydrogens is 348 g/mol. The third-order valence-electron chi connectivity index (χ3n) is 3.68. The van der Waals surface area contributed by atoms with Crippen LogP contribution in [0.4, 0.5) is 17.3 Å². The fraction of sp³-hybridized carbons (Fsp3) is 0.111. The molecule has 1 amide bonds. The molecule has 9 heteroatoms. The summed E-state index contributed by atoms with van der Waals surface area (Å²) in [6.07, 6.45) is 1.53. The fourth-order valence-corrected chi connectivity index (χ4v) is 2.43. The topological polar surface area (TPSA) is 122 Å². The highest BCUT2D eigenvalue weighted by atomic mass is 16.6. The van der Waals surface area contributed by atoms with Gasteiger partial charge in [-0.3, -0.25) is 20.3 Å². The minimum absolute atomic E-state index is 0.0213. The lowest BCUT2D eigenvalue weighted by molar-refractivity contribution is -0.384. The molecule has 9 nitrogen and oxygen atoms in total. The summed E-state index contributed by atoms with van der Waals surface area (Å²) in [4.78, 5) is 30.1. The largest absolute Gasteiger partial charge is 0.311 e. The zero-order valence-corrected chi connectivity index (χ0v) is 14.6. The minimum atomic E-state index is -0.455. The Balaban J connectivity index is 1.79. The fourth-order valence-electron chi connectivity index (χ4n) is 2.43. The number of hydrazone groups is 1. The SMILES string of the molecule is CC(=O)Nc1ccc2c(C)cc(N/N=C/c3ccc([N+](=O)[O-])cc3)nc2n1. The number of benzene rings is 1. The number of aryl methyl sites for hydroxylation is 1. The van der Waals surface area contributed by atoms with Crippen molar-refractivity contribution < 1.29 is 9.72 Å². The molecule has 0 atom stereocenters. The Morgan fingerprint density at radius 2 is 1.85 bits per heavy atom. The van der Waals surface area contributed by atoms with Crippen LogP contribution in [0.2, 0.25) is 0 Å². The first-order chi connectivity index (χ1) is 12.9. The average Bonchev–Trinajstić information content (AvgIpc) is 2.61. The predicted molar refractivity (Wildman–Crippen MR) is 103 cm³/mol. The van der Waals surface area contributed by atoms with Crippen molar-refractivity contribution in [2.75, 3.05) is 10.7 Å². The van der Waals surface area contributed by atoms with Crippen LogP contribution >= 0.6 is 0 Å². The maximum Gasteiger partial charge on any atom is 0.269 e. The molecular formula is C18H16N6O3. The zero-order valence-electron chi connectivity index (χ0n) is 14.6. The Bertz CT molecular complexity index is 1050. The number of carbonyl (C=O) groups is 1. The molecule has 0 aliphatic rings. The molecule has 3 aromatic rings. The standard InChI is InChI=1S/C18H16N6O3/c1-11-9-17(22-18-15(11)7-8-16(21-18)20-12(2)25)23-19-10-13-3-5-14(6-4-13)24(26)27/h3-10H,1-2H3,(H2,20,21,22,23,25)/b19-10+. The van der Waals surface area contributed by atoms with Gasteiger partial charge in [0.15, 0.2) is 5.65 Å². The molecule has 1 aromatic carbocycles. The van der Waals surface area contributed by atoms with Crippen LogP contribution in [-0.4, -0.2) is 27.0 Å². The van der Waals surface area contributed by atoms with Crippen LogP contribution in [0.25, 0.3) is 11.0 Å². The van der Waals surface area contributed by atoms with Crippen LogP contribution in [0.5, 0.6) is 0 Å². The van der Waals surface area contributed by atoms with Gasteiger partial charge in [-0.2, -0.15) is 5.10 Å². The van der Waals surface area contributed by atoms with Gasteiger partial charge >= 0.3 is 0 Å². The van der Waals surface area contributed by atoms with Gasteiger partial charge in [-0.05, 0) is 48.4 Å². The number of hydrogen-bond acceptors (Lipinski definition) is 7. The molecule has 0 aliphatic carbocycles. The summed E-state index contributed by atoms with van der Waals surface area (Å²) >= 11 is 0. The van der Waals surface area contributed by atoms with E-state index < -0.39 is 4.92 Å². The van der Waals surface area contributed by atoms with Crippen LogP contribution in [0.3, 0.4) is 0 Å². The molecule has 2 heterocycles. The van der Waals surface area contributed by atoms with Crippen LogP contribution in [0.1, 0.15) is 18.1 Å². The predicted octanol–water partition coefficient (Wildman–Crippen LogP) is 3.25. The summed E-state index contributed by atoms with van der Waals surface area (Å²) in [7, 11) is 0. The number of non-ortho nitro benzene ring substituents is 1. The molecule has 2 N–H and O–H groups in total. The van der Waals surface area contributed by atoms with E-state index in [2.05, 4.69) is 25.8 Å². The quantitative estimate of drug-likeness (QED) is 0.407. The maximum atomic E-state index is 11.2. The van der Waals surface area contributed by atoms with Gasteiger partial charge in [-0.1, -0.05) is 0 Å². The number of nitrogens with zero attached hydrogens (tertiary/aromatic N) is 4. The van der Waals surface area contributed by atoms with Crippen molar-refractivity contribution in [2.24, 2.45) is 5.10 Å². The second-order valence-corrected chi connectivity index (χ2v) is 5.79. The van der Waals surface area contributed by atoms with Crippen molar-refractivity contribution >= 4 is 40.5 Å². The number of carbonyl (C=O) groups excluding carboxylic acids is 1.